The zero-order chi connectivity index (χ0) is 23.8. The number of halogens is 1. The molecule has 1 saturated heterocycles. The van der Waals surface area contributed by atoms with E-state index < -0.39 is 21.8 Å². The first-order chi connectivity index (χ1) is 15.6. The quantitative estimate of drug-likeness (QED) is 0.646. The van der Waals surface area contributed by atoms with E-state index in [1.54, 1.807) is 17.0 Å². The number of benzene rings is 2. The van der Waals surface area contributed by atoms with Gasteiger partial charge in [0.05, 0.1) is 15.6 Å². The van der Waals surface area contributed by atoms with Crippen molar-refractivity contribution < 1.29 is 22.8 Å². The Bertz CT molecular complexity index is 1230. The molecule has 0 aromatic heterocycles. The number of sulfone groups is 1. The van der Waals surface area contributed by atoms with Crippen molar-refractivity contribution in [1.82, 2.24) is 4.90 Å². The topological polar surface area (TPSA) is 113 Å². The minimum Gasteiger partial charge on any atom is -0.330 e. The van der Waals surface area contributed by atoms with Crippen LogP contribution in [-0.2, 0) is 19.4 Å². The van der Waals surface area contributed by atoms with Crippen molar-refractivity contribution in [3.63, 3.8) is 0 Å². The predicted molar refractivity (Wildman–Crippen MR) is 125 cm³/mol. The highest BCUT2D eigenvalue weighted by molar-refractivity contribution is 7.90. The summed E-state index contributed by atoms with van der Waals surface area (Å²) in [4.78, 5) is 39.5. The maximum Gasteiger partial charge on any atom is 0.255 e. The number of anilines is 2. The number of carbonyl (C=O) groups is 3. The maximum atomic E-state index is 12.8. The van der Waals surface area contributed by atoms with Crippen LogP contribution in [0.5, 0.6) is 0 Å². The van der Waals surface area contributed by atoms with Gasteiger partial charge in [-0.3, -0.25) is 14.4 Å². The van der Waals surface area contributed by atoms with Crippen LogP contribution in [0, 0.1) is 5.92 Å². The summed E-state index contributed by atoms with van der Waals surface area (Å²) >= 11 is 6.31. The molecule has 1 heterocycles. The second-order valence-electron chi connectivity index (χ2n) is 8.40. The summed E-state index contributed by atoms with van der Waals surface area (Å²) in [6.07, 6.45) is 4.28. The van der Waals surface area contributed by atoms with E-state index in [4.69, 9.17) is 11.6 Å². The van der Waals surface area contributed by atoms with Crippen LogP contribution in [0.15, 0.2) is 47.4 Å². The van der Waals surface area contributed by atoms with Gasteiger partial charge < -0.3 is 15.5 Å². The molecule has 2 fully saturated rings. The standard InChI is InChI=1S/C23H24ClN3O5S/c1-33(31,32)17-5-2-4-15(12-17)21(28)26-19-10-9-16(13-18(19)24)25-22(29)20-6-3-11-27(20)23(30)14-7-8-14/h2,4-5,9-10,12-14,20H,3,6-8,11H2,1H3,(H,25,29)(H,26,28). The Labute approximate surface area is 197 Å². The first-order valence-corrected chi connectivity index (χ1v) is 12.9. The molecule has 0 bridgehead atoms. The number of hydrogen-bond acceptors (Lipinski definition) is 5. The number of likely N-dealkylation sites (tertiary alicyclic amines) is 1. The summed E-state index contributed by atoms with van der Waals surface area (Å²) in [5.74, 6) is -0.649. The largest absolute Gasteiger partial charge is 0.330 e. The lowest BCUT2D eigenvalue weighted by molar-refractivity contribution is -0.137. The normalized spacial score (nSPS) is 18.1. The summed E-state index contributed by atoms with van der Waals surface area (Å²) in [6.45, 7) is 0.597. The Morgan fingerprint density at radius 2 is 1.79 bits per heavy atom. The summed E-state index contributed by atoms with van der Waals surface area (Å²) in [7, 11) is -3.45. The fraction of sp³-hybridized carbons (Fsp3) is 0.348. The zero-order valence-electron chi connectivity index (χ0n) is 18.0. The Morgan fingerprint density at radius 1 is 1.03 bits per heavy atom. The smallest absolute Gasteiger partial charge is 0.255 e. The first-order valence-electron chi connectivity index (χ1n) is 10.7. The molecule has 8 nitrogen and oxygen atoms in total. The molecule has 174 valence electrons. The van der Waals surface area contributed by atoms with Crippen LogP contribution < -0.4 is 10.6 Å². The van der Waals surface area contributed by atoms with Crippen LogP contribution in [0.3, 0.4) is 0 Å². The van der Waals surface area contributed by atoms with E-state index in [-0.39, 0.29) is 33.2 Å². The van der Waals surface area contributed by atoms with Crippen molar-refractivity contribution in [2.24, 2.45) is 5.92 Å². The average Bonchev–Trinajstić information content (AvgIpc) is 3.50. The van der Waals surface area contributed by atoms with Gasteiger partial charge in [0.2, 0.25) is 11.8 Å². The highest BCUT2D eigenvalue weighted by Gasteiger charge is 2.40. The number of carbonyl (C=O) groups excluding carboxylic acids is 3. The molecular formula is C23H24ClN3O5S. The highest BCUT2D eigenvalue weighted by Crippen LogP contribution is 2.34. The Balaban J connectivity index is 1.42. The molecule has 1 unspecified atom stereocenters. The van der Waals surface area contributed by atoms with Crippen molar-refractivity contribution >= 4 is 50.5 Å². The van der Waals surface area contributed by atoms with Gasteiger partial charge in [-0.1, -0.05) is 17.7 Å². The van der Waals surface area contributed by atoms with Crippen molar-refractivity contribution in [3.05, 3.63) is 53.1 Å². The van der Waals surface area contributed by atoms with E-state index in [1.807, 2.05) is 0 Å². The third-order valence-electron chi connectivity index (χ3n) is 5.77. The molecule has 2 aromatic carbocycles. The summed E-state index contributed by atoms with van der Waals surface area (Å²) in [5, 5.41) is 5.67. The van der Waals surface area contributed by atoms with Crippen LogP contribution in [0.25, 0.3) is 0 Å². The molecule has 10 heteroatoms. The SMILES string of the molecule is CS(=O)(=O)c1cccc(C(=O)Nc2ccc(NC(=O)C3CCCN3C(=O)C3CC3)cc2Cl)c1. The van der Waals surface area contributed by atoms with Gasteiger partial charge in [0.15, 0.2) is 9.84 Å². The lowest BCUT2D eigenvalue weighted by Crippen LogP contribution is -2.43. The van der Waals surface area contributed by atoms with Crippen LogP contribution in [0.2, 0.25) is 5.02 Å². The fourth-order valence-electron chi connectivity index (χ4n) is 3.85. The minimum atomic E-state index is -3.45. The Kier molecular flexibility index (Phi) is 6.45. The van der Waals surface area contributed by atoms with Gasteiger partial charge in [0.25, 0.3) is 5.91 Å². The van der Waals surface area contributed by atoms with E-state index in [0.717, 1.165) is 25.5 Å². The molecular weight excluding hydrogens is 466 g/mol. The molecule has 0 spiro atoms. The van der Waals surface area contributed by atoms with E-state index in [1.165, 1.54) is 30.3 Å². The summed E-state index contributed by atoms with van der Waals surface area (Å²) in [6, 6.07) is 9.90. The van der Waals surface area contributed by atoms with Gasteiger partial charge in [-0.2, -0.15) is 0 Å². The van der Waals surface area contributed by atoms with Gasteiger partial charge in [0, 0.05) is 30.0 Å². The molecule has 1 aliphatic carbocycles. The minimum absolute atomic E-state index is 0.0421. The molecule has 0 radical (unpaired) electrons. The first kappa shape index (κ1) is 23.3. The molecule has 1 saturated carbocycles. The second kappa shape index (κ2) is 9.15. The van der Waals surface area contributed by atoms with Crippen molar-refractivity contribution in [2.75, 3.05) is 23.4 Å². The van der Waals surface area contributed by atoms with Crippen LogP contribution in [0.1, 0.15) is 36.0 Å². The van der Waals surface area contributed by atoms with Gasteiger partial charge in [-0.05, 0) is 62.1 Å². The number of hydrogen-bond donors (Lipinski definition) is 2. The molecule has 2 aromatic rings. The third-order valence-corrected chi connectivity index (χ3v) is 7.20. The Hall–Kier alpha value is -2.91. The lowest BCUT2D eigenvalue weighted by atomic mass is 10.1. The lowest BCUT2D eigenvalue weighted by Gasteiger charge is -2.24. The molecule has 4 rings (SSSR count). The summed E-state index contributed by atoms with van der Waals surface area (Å²) in [5.41, 5.74) is 0.941. The molecule has 1 aliphatic heterocycles. The monoisotopic (exact) mass is 489 g/mol. The predicted octanol–water partition coefficient (Wildman–Crippen LogP) is 3.34. The molecule has 1 atom stereocenters. The molecule has 2 aliphatic rings. The second-order valence-corrected chi connectivity index (χ2v) is 10.8. The van der Waals surface area contributed by atoms with Gasteiger partial charge in [0.1, 0.15) is 6.04 Å². The fourth-order valence-corrected chi connectivity index (χ4v) is 4.74. The van der Waals surface area contributed by atoms with Crippen LogP contribution >= 0.6 is 11.6 Å². The highest BCUT2D eigenvalue weighted by atomic mass is 35.5. The van der Waals surface area contributed by atoms with Gasteiger partial charge >= 0.3 is 0 Å². The number of rotatable bonds is 6. The molecule has 2 N–H and O–H groups in total. The van der Waals surface area contributed by atoms with E-state index in [9.17, 15) is 22.8 Å². The molecule has 3 amide bonds. The third kappa shape index (κ3) is 5.36. The molecule has 33 heavy (non-hydrogen) atoms. The van der Waals surface area contributed by atoms with Crippen molar-refractivity contribution in [3.8, 4) is 0 Å². The number of amides is 3. The van der Waals surface area contributed by atoms with Crippen LogP contribution in [0.4, 0.5) is 11.4 Å². The Morgan fingerprint density at radius 3 is 2.45 bits per heavy atom. The van der Waals surface area contributed by atoms with Crippen molar-refractivity contribution in [1.29, 1.82) is 0 Å². The van der Waals surface area contributed by atoms with E-state index in [0.29, 0.717) is 24.3 Å². The van der Waals surface area contributed by atoms with Crippen molar-refractivity contribution in [2.45, 2.75) is 36.6 Å². The van der Waals surface area contributed by atoms with E-state index in [2.05, 4.69) is 10.6 Å². The number of nitrogens with zero attached hydrogens (tertiary/aromatic N) is 1. The summed E-state index contributed by atoms with van der Waals surface area (Å²) < 4.78 is 23.5. The average molecular weight is 490 g/mol. The van der Waals surface area contributed by atoms with Gasteiger partial charge in [-0.15, -0.1) is 0 Å². The zero-order valence-corrected chi connectivity index (χ0v) is 19.6. The van der Waals surface area contributed by atoms with Crippen LogP contribution in [-0.4, -0.2) is 49.9 Å². The number of nitrogens with one attached hydrogen (secondary N) is 2. The van der Waals surface area contributed by atoms with Gasteiger partial charge in [-0.25, -0.2) is 8.42 Å². The maximum absolute atomic E-state index is 12.8. The van der Waals surface area contributed by atoms with E-state index >= 15 is 0 Å².